The number of rotatable bonds is 2. The van der Waals surface area contributed by atoms with Crippen molar-refractivity contribution in [3.8, 4) is 0 Å². The third kappa shape index (κ3) is 2.54. The monoisotopic (exact) mass is 211 g/mol. The molecule has 5 unspecified atom stereocenters. The minimum Gasteiger partial charge on any atom is -0.381 e. The van der Waals surface area contributed by atoms with Crippen LogP contribution in [-0.4, -0.2) is 19.3 Å². The van der Waals surface area contributed by atoms with E-state index in [1.165, 1.54) is 25.7 Å². The van der Waals surface area contributed by atoms with E-state index in [1.807, 2.05) is 0 Å². The largest absolute Gasteiger partial charge is 0.381 e. The van der Waals surface area contributed by atoms with Gasteiger partial charge in [0.1, 0.15) is 0 Å². The summed E-state index contributed by atoms with van der Waals surface area (Å²) >= 11 is 0. The Kier molecular flexibility index (Phi) is 3.68. The van der Waals surface area contributed by atoms with Gasteiger partial charge >= 0.3 is 0 Å². The normalized spacial score (nSPS) is 44.2. The van der Waals surface area contributed by atoms with Gasteiger partial charge in [-0.1, -0.05) is 20.3 Å². The van der Waals surface area contributed by atoms with Crippen LogP contribution in [0.1, 0.15) is 39.5 Å². The lowest BCUT2D eigenvalue weighted by Gasteiger charge is -2.37. The van der Waals surface area contributed by atoms with Crippen LogP contribution >= 0.6 is 0 Å². The first-order valence-corrected chi connectivity index (χ1v) is 6.51. The molecule has 0 aromatic carbocycles. The number of hydrogen-bond donors (Lipinski definition) is 1. The molecule has 1 heterocycles. The number of nitrogens with two attached hydrogens (primary N) is 1. The highest BCUT2D eigenvalue weighted by Gasteiger charge is 2.33. The van der Waals surface area contributed by atoms with E-state index < -0.39 is 0 Å². The van der Waals surface area contributed by atoms with Crippen LogP contribution in [0.5, 0.6) is 0 Å². The predicted octanol–water partition coefficient (Wildman–Crippen LogP) is 2.42. The molecule has 2 aliphatic rings. The highest BCUT2D eigenvalue weighted by Crippen LogP contribution is 2.37. The van der Waals surface area contributed by atoms with Gasteiger partial charge in [-0.15, -0.1) is 0 Å². The molecule has 0 radical (unpaired) electrons. The molecule has 0 aromatic rings. The summed E-state index contributed by atoms with van der Waals surface area (Å²) in [6, 6.07) is 0.391. The summed E-state index contributed by atoms with van der Waals surface area (Å²) in [5.74, 6) is 3.14. The molecule has 2 N–H and O–H groups in total. The van der Waals surface area contributed by atoms with Crippen molar-refractivity contribution < 1.29 is 4.74 Å². The van der Waals surface area contributed by atoms with Crippen molar-refractivity contribution >= 4 is 0 Å². The molecule has 0 amide bonds. The Morgan fingerprint density at radius 3 is 2.47 bits per heavy atom. The van der Waals surface area contributed by atoms with Gasteiger partial charge in [-0.2, -0.15) is 0 Å². The molecular weight excluding hydrogens is 186 g/mol. The average Bonchev–Trinajstić information content (AvgIpc) is 2.74. The zero-order valence-corrected chi connectivity index (χ0v) is 10.1. The highest BCUT2D eigenvalue weighted by molar-refractivity contribution is 4.87. The molecule has 1 aliphatic heterocycles. The molecule has 5 atom stereocenters. The number of hydrogen-bond acceptors (Lipinski definition) is 2. The van der Waals surface area contributed by atoms with E-state index in [0.717, 1.165) is 31.0 Å². The molecule has 0 bridgehead atoms. The van der Waals surface area contributed by atoms with Crippen LogP contribution in [0, 0.1) is 23.7 Å². The minimum absolute atomic E-state index is 0.391. The Morgan fingerprint density at radius 1 is 1.07 bits per heavy atom. The van der Waals surface area contributed by atoms with Crippen molar-refractivity contribution in [2.75, 3.05) is 13.2 Å². The molecule has 1 saturated carbocycles. The zero-order valence-electron chi connectivity index (χ0n) is 10.1. The van der Waals surface area contributed by atoms with Crippen molar-refractivity contribution in [2.45, 2.75) is 45.6 Å². The summed E-state index contributed by atoms with van der Waals surface area (Å²) in [6.07, 6.45) is 5.22. The van der Waals surface area contributed by atoms with Crippen LogP contribution in [-0.2, 0) is 4.74 Å². The summed E-state index contributed by atoms with van der Waals surface area (Å²) in [6.45, 7) is 6.60. The fraction of sp³-hybridized carbons (Fsp3) is 1.00. The van der Waals surface area contributed by atoms with Gasteiger partial charge in [0, 0.05) is 12.6 Å². The summed E-state index contributed by atoms with van der Waals surface area (Å²) in [4.78, 5) is 0. The molecular formula is C13H25NO. The van der Waals surface area contributed by atoms with Crippen LogP contribution in [0.15, 0.2) is 0 Å². The third-order valence-corrected chi connectivity index (χ3v) is 4.69. The molecule has 15 heavy (non-hydrogen) atoms. The first-order chi connectivity index (χ1) is 7.18. The fourth-order valence-electron chi connectivity index (χ4n) is 3.18. The van der Waals surface area contributed by atoms with Crippen molar-refractivity contribution in [1.29, 1.82) is 0 Å². The van der Waals surface area contributed by atoms with Gasteiger partial charge in [-0.05, 0) is 42.9 Å². The summed E-state index contributed by atoms with van der Waals surface area (Å²) in [7, 11) is 0. The van der Waals surface area contributed by atoms with E-state index in [1.54, 1.807) is 0 Å². The second-order valence-electron chi connectivity index (χ2n) is 5.73. The van der Waals surface area contributed by atoms with E-state index in [2.05, 4.69) is 13.8 Å². The molecule has 2 heteroatoms. The molecule has 2 nitrogen and oxygen atoms in total. The van der Waals surface area contributed by atoms with Gasteiger partial charge in [0.05, 0.1) is 6.61 Å². The highest BCUT2D eigenvalue weighted by atomic mass is 16.5. The lowest BCUT2D eigenvalue weighted by molar-refractivity contribution is 0.140. The smallest absolute Gasteiger partial charge is 0.0510 e. The molecule has 0 spiro atoms. The second-order valence-corrected chi connectivity index (χ2v) is 5.73. The van der Waals surface area contributed by atoms with Gasteiger partial charge in [-0.25, -0.2) is 0 Å². The maximum absolute atomic E-state index is 6.38. The average molecular weight is 211 g/mol. The van der Waals surface area contributed by atoms with Gasteiger partial charge in [0.15, 0.2) is 0 Å². The van der Waals surface area contributed by atoms with E-state index >= 15 is 0 Å². The number of ether oxygens (including phenoxy) is 1. The van der Waals surface area contributed by atoms with Crippen LogP contribution in [0.2, 0.25) is 0 Å². The predicted molar refractivity (Wildman–Crippen MR) is 62.6 cm³/mol. The van der Waals surface area contributed by atoms with Crippen LogP contribution in [0.25, 0.3) is 0 Å². The van der Waals surface area contributed by atoms with Crippen molar-refractivity contribution in [1.82, 2.24) is 0 Å². The maximum atomic E-state index is 6.38. The first kappa shape index (κ1) is 11.4. The zero-order chi connectivity index (χ0) is 10.8. The molecule has 1 saturated heterocycles. The quantitative estimate of drug-likeness (QED) is 0.761. The Balaban J connectivity index is 1.87. The van der Waals surface area contributed by atoms with Crippen molar-refractivity contribution in [3.63, 3.8) is 0 Å². The summed E-state index contributed by atoms with van der Waals surface area (Å²) in [5.41, 5.74) is 6.38. The molecule has 88 valence electrons. The van der Waals surface area contributed by atoms with Crippen LogP contribution in [0.3, 0.4) is 0 Å². The van der Waals surface area contributed by atoms with E-state index in [4.69, 9.17) is 10.5 Å². The van der Waals surface area contributed by atoms with Crippen molar-refractivity contribution in [3.05, 3.63) is 0 Å². The Morgan fingerprint density at radius 2 is 1.87 bits per heavy atom. The minimum atomic E-state index is 0.391. The SMILES string of the molecule is CC1CCC(C(N)C2CCOC2)CC1C. The van der Waals surface area contributed by atoms with Gasteiger partial charge in [-0.3, -0.25) is 0 Å². The van der Waals surface area contributed by atoms with Gasteiger partial charge in [0.2, 0.25) is 0 Å². The molecule has 0 aromatic heterocycles. The molecule has 1 aliphatic carbocycles. The lowest BCUT2D eigenvalue weighted by Crippen LogP contribution is -2.41. The van der Waals surface area contributed by atoms with E-state index in [0.29, 0.717) is 12.0 Å². The van der Waals surface area contributed by atoms with E-state index in [9.17, 15) is 0 Å². The maximum Gasteiger partial charge on any atom is 0.0510 e. The molecule has 2 rings (SSSR count). The van der Waals surface area contributed by atoms with Crippen LogP contribution < -0.4 is 5.73 Å². The van der Waals surface area contributed by atoms with Crippen molar-refractivity contribution in [2.24, 2.45) is 29.4 Å². The van der Waals surface area contributed by atoms with Crippen LogP contribution in [0.4, 0.5) is 0 Å². The standard InChI is InChI=1S/C13H25NO/c1-9-3-4-11(7-10(9)2)13(14)12-5-6-15-8-12/h9-13H,3-8,14H2,1-2H3. The van der Waals surface area contributed by atoms with E-state index in [-0.39, 0.29) is 0 Å². The Hall–Kier alpha value is -0.0800. The van der Waals surface area contributed by atoms with Gasteiger partial charge in [0.25, 0.3) is 0 Å². The third-order valence-electron chi connectivity index (χ3n) is 4.69. The summed E-state index contributed by atoms with van der Waals surface area (Å²) in [5, 5.41) is 0. The van der Waals surface area contributed by atoms with Gasteiger partial charge < -0.3 is 10.5 Å². The lowest BCUT2D eigenvalue weighted by atomic mass is 9.71. The topological polar surface area (TPSA) is 35.2 Å². The second kappa shape index (κ2) is 4.84. The fourth-order valence-corrected chi connectivity index (χ4v) is 3.18. The summed E-state index contributed by atoms with van der Waals surface area (Å²) < 4.78 is 5.44. The first-order valence-electron chi connectivity index (χ1n) is 6.51. The molecule has 2 fully saturated rings. The Bertz CT molecular complexity index is 201. The Labute approximate surface area is 93.6 Å².